The molecule has 0 bridgehead atoms. The topological polar surface area (TPSA) is 83.2 Å². The number of hydrogen-bond acceptors (Lipinski definition) is 5. The van der Waals surface area contributed by atoms with Crippen molar-refractivity contribution >= 4 is 23.3 Å². The summed E-state index contributed by atoms with van der Waals surface area (Å²) in [6.45, 7) is 6.82. The van der Waals surface area contributed by atoms with Gasteiger partial charge in [0.2, 0.25) is 6.41 Å². The molecule has 3 atom stereocenters. The Balaban J connectivity index is 0.000000295. The second-order valence-corrected chi connectivity index (χ2v) is 9.66. The number of carbonyl (C=O) groups excluding carboxylic acids is 1. The molecule has 3 aromatic rings. The first-order valence-corrected chi connectivity index (χ1v) is 13.2. The van der Waals surface area contributed by atoms with Gasteiger partial charge in [-0.1, -0.05) is 51.0 Å². The number of fused-ring (bicyclic) bond motifs is 1. The quantitative estimate of drug-likeness (QED) is 0.322. The number of benzene rings is 2. The molecular weight excluding hydrogens is 468 g/mol. The maximum atomic E-state index is 12.2. The molecule has 1 aliphatic rings. The van der Waals surface area contributed by atoms with Crippen molar-refractivity contribution in [3.8, 4) is 5.75 Å². The van der Waals surface area contributed by atoms with E-state index in [9.17, 15) is 14.7 Å². The Morgan fingerprint density at radius 3 is 2.35 bits per heavy atom. The highest BCUT2D eigenvalue weighted by Gasteiger charge is 2.46. The number of hydrogen-bond donors (Lipinski definition) is 1. The van der Waals surface area contributed by atoms with E-state index in [1.54, 1.807) is 13.4 Å². The number of carboxylic acid groups (broad SMARTS) is 1. The van der Waals surface area contributed by atoms with Crippen molar-refractivity contribution in [1.29, 1.82) is 0 Å². The monoisotopic (exact) mass is 508 g/mol. The summed E-state index contributed by atoms with van der Waals surface area (Å²) < 4.78 is 10.7. The van der Waals surface area contributed by atoms with Crippen molar-refractivity contribution in [3.63, 3.8) is 0 Å². The third kappa shape index (κ3) is 6.92. The predicted octanol–water partition coefficient (Wildman–Crippen LogP) is 5.96. The SMILES string of the molecule is CCCCN(C=O)CCCC.COc1ccc(C2C(C(=O)O)C(c3cccc4occc34)CN2C)cc1. The van der Waals surface area contributed by atoms with Crippen LogP contribution in [0.25, 0.3) is 11.0 Å². The van der Waals surface area contributed by atoms with Gasteiger partial charge in [-0.05, 0) is 55.3 Å². The van der Waals surface area contributed by atoms with Crippen LogP contribution in [-0.2, 0) is 9.59 Å². The highest BCUT2D eigenvalue weighted by Crippen LogP contribution is 2.46. The van der Waals surface area contributed by atoms with E-state index in [2.05, 4.69) is 18.7 Å². The van der Waals surface area contributed by atoms with E-state index in [-0.39, 0.29) is 12.0 Å². The van der Waals surface area contributed by atoms with E-state index in [0.29, 0.717) is 6.54 Å². The lowest BCUT2D eigenvalue weighted by atomic mass is 9.82. The zero-order valence-electron chi connectivity index (χ0n) is 22.4. The number of amides is 1. The second-order valence-electron chi connectivity index (χ2n) is 9.66. The minimum atomic E-state index is -0.777. The van der Waals surface area contributed by atoms with E-state index in [4.69, 9.17) is 9.15 Å². The van der Waals surface area contributed by atoms with Crippen LogP contribution in [0.5, 0.6) is 5.75 Å². The van der Waals surface area contributed by atoms with Gasteiger partial charge in [0, 0.05) is 37.0 Å². The van der Waals surface area contributed by atoms with Gasteiger partial charge in [-0.3, -0.25) is 14.5 Å². The van der Waals surface area contributed by atoms with E-state index >= 15 is 0 Å². The number of carboxylic acids is 1. The molecule has 1 fully saturated rings. The molecule has 1 aliphatic heterocycles. The summed E-state index contributed by atoms with van der Waals surface area (Å²) in [4.78, 5) is 26.7. The number of methoxy groups -OCH3 is 1. The molecule has 4 rings (SSSR count). The fourth-order valence-electron chi connectivity index (χ4n) is 5.17. The van der Waals surface area contributed by atoms with E-state index in [1.807, 2.05) is 60.5 Å². The van der Waals surface area contributed by atoms with Crippen LogP contribution in [-0.4, -0.2) is 61.1 Å². The Morgan fingerprint density at radius 1 is 1.11 bits per heavy atom. The summed E-state index contributed by atoms with van der Waals surface area (Å²) in [6, 6.07) is 15.3. The van der Waals surface area contributed by atoms with Gasteiger partial charge in [0.1, 0.15) is 11.3 Å². The third-order valence-corrected chi connectivity index (χ3v) is 7.15. The number of likely N-dealkylation sites (tertiary alicyclic amines) is 1. The molecule has 7 heteroatoms. The molecule has 1 N–H and O–H groups in total. The average molecular weight is 509 g/mol. The van der Waals surface area contributed by atoms with Crippen LogP contribution in [0.2, 0.25) is 0 Å². The van der Waals surface area contributed by atoms with Crippen LogP contribution in [0.15, 0.2) is 59.2 Å². The zero-order chi connectivity index (χ0) is 26.8. The lowest BCUT2D eigenvalue weighted by molar-refractivity contribution is -0.143. The Hall–Kier alpha value is -3.32. The van der Waals surface area contributed by atoms with Crippen molar-refractivity contribution in [1.82, 2.24) is 9.80 Å². The zero-order valence-corrected chi connectivity index (χ0v) is 22.4. The number of likely N-dealkylation sites (N-methyl/N-ethyl adjacent to an activating group) is 1. The molecule has 1 saturated heterocycles. The normalized spacial score (nSPS) is 19.3. The Bertz CT molecular complexity index is 1120. The van der Waals surface area contributed by atoms with Crippen LogP contribution in [0.1, 0.15) is 62.6 Å². The number of carbonyl (C=O) groups is 2. The lowest BCUT2D eigenvalue weighted by Crippen LogP contribution is -2.26. The number of unbranched alkanes of at least 4 members (excludes halogenated alkanes) is 2. The van der Waals surface area contributed by atoms with Crippen molar-refractivity contribution in [2.24, 2.45) is 5.92 Å². The highest BCUT2D eigenvalue weighted by molar-refractivity contribution is 5.83. The van der Waals surface area contributed by atoms with Crippen LogP contribution < -0.4 is 4.74 Å². The Kier molecular flexibility index (Phi) is 10.6. The fraction of sp³-hybridized carbons (Fsp3) is 0.467. The van der Waals surface area contributed by atoms with Gasteiger partial charge in [-0.2, -0.15) is 0 Å². The number of furan rings is 1. The molecule has 2 aromatic carbocycles. The summed E-state index contributed by atoms with van der Waals surface area (Å²) in [5.74, 6) is -0.651. The number of ether oxygens (including phenoxy) is 1. The third-order valence-electron chi connectivity index (χ3n) is 7.15. The highest BCUT2D eigenvalue weighted by atomic mass is 16.5. The van der Waals surface area contributed by atoms with Gasteiger partial charge in [0.05, 0.1) is 19.3 Å². The second kappa shape index (κ2) is 13.8. The summed E-state index contributed by atoms with van der Waals surface area (Å²) in [5.41, 5.74) is 2.82. The number of nitrogens with zero attached hydrogens (tertiary/aromatic N) is 2. The summed E-state index contributed by atoms with van der Waals surface area (Å²) in [7, 11) is 3.61. The minimum absolute atomic E-state index is 0.106. The van der Waals surface area contributed by atoms with Crippen LogP contribution in [0, 0.1) is 5.92 Å². The molecule has 0 aliphatic carbocycles. The van der Waals surface area contributed by atoms with Gasteiger partial charge in [0.15, 0.2) is 0 Å². The van der Waals surface area contributed by atoms with Gasteiger partial charge in [-0.25, -0.2) is 0 Å². The molecule has 0 saturated carbocycles. The standard InChI is InChI=1S/C21H21NO4.C9H19NO/c1-22-12-17(15-4-3-5-18-16(15)10-11-26-18)19(21(23)24)20(22)13-6-8-14(25-2)9-7-13;1-3-5-7-10(9-11)8-6-4-2/h3-11,17,19-20H,12H2,1-2H3,(H,23,24);9H,3-8H2,1-2H3. The Labute approximate surface area is 220 Å². The van der Waals surface area contributed by atoms with Crippen LogP contribution in [0.4, 0.5) is 0 Å². The smallest absolute Gasteiger partial charge is 0.309 e. The largest absolute Gasteiger partial charge is 0.497 e. The van der Waals surface area contributed by atoms with Gasteiger partial charge in [0.25, 0.3) is 0 Å². The molecule has 200 valence electrons. The molecule has 0 spiro atoms. The van der Waals surface area contributed by atoms with E-state index < -0.39 is 11.9 Å². The molecule has 1 amide bonds. The summed E-state index contributed by atoms with van der Waals surface area (Å²) >= 11 is 0. The Morgan fingerprint density at radius 2 is 1.78 bits per heavy atom. The van der Waals surface area contributed by atoms with E-state index in [1.165, 1.54) is 0 Å². The van der Waals surface area contributed by atoms with Crippen LogP contribution in [0.3, 0.4) is 0 Å². The van der Waals surface area contributed by atoms with Crippen molar-refractivity contribution in [2.75, 3.05) is 33.8 Å². The molecule has 7 nitrogen and oxygen atoms in total. The molecule has 0 radical (unpaired) electrons. The maximum Gasteiger partial charge on any atom is 0.309 e. The first-order valence-electron chi connectivity index (χ1n) is 13.2. The molecular formula is C30H40N2O5. The minimum Gasteiger partial charge on any atom is -0.497 e. The predicted molar refractivity (Wildman–Crippen MR) is 146 cm³/mol. The molecule has 2 heterocycles. The van der Waals surface area contributed by atoms with Gasteiger partial charge >= 0.3 is 5.97 Å². The lowest BCUT2D eigenvalue weighted by Gasteiger charge is -2.24. The van der Waals surface area contributed by atoms with E-state index in [0.717, 1.165) is 73.0 Å². The first-order chi connectivity index (χ1) is 17.9. The number of aliphatic carboxylic acids is 1. The molecule has 1 aromatic heterocycles. The van der Waals surface area contributed by atoms with Crippen LogP contribution >= 0.6 is 0 Å². The van der Waals surface area contributed by atoms with Crippen molar-refractivity contribution < 1.29 is 23.8 Å². The summed E-state index contributed by atoms with van der Waals surface area (Å²) in [5, 5.41) is 11.0. The maximum absolute atomic E-state index is 12.2. The molecule has 3 unspecified atom stereocenters. The fourth-order valence-corrected chi connectivity index (χ4v) is 5.17. The first kappa shape index (κ1) is 28.3. The van der Waals surface area contributed by atoms with Crippen molar-refractivity contribution in [2.45, 2.75) is 51.5 Å². The van der Waals surface area contributed by atoms with Crippen molar-refractivity contribution in [3.05, 3.63) is 65.9 Å². The summed E-state index contributed by atoms with van der Waals surface area (Å²) in [6.07, 6.45) is 7.20. The van der Waals surface area contributed by atoms with Gasteiger partial charge in [-0.15, -0.1) is 0 Å². The van der Waals surface area contributed by atoms with Gasteiger partial charge < -0.3 is 19.2 Å². The number of rotatable bonds is 11. The molecule has 37 heavy (non-hydrogen) atoms. The average Bonchev–Trinajstić information content (AvgIpc) is 3.53.